The van der Waals surface area contributed by atoms with E-state index in [2.05, 4.69) is 0 Å². The first-order valence-electron chi connectivity index (χ1n) is 9.45. The summed E-state index contributed by atoms with van der Waals surface area (Å²) in [4.78, 5) is 28.7. The summed E-state index contributed by atoms with van der Waals surface area (Å²) in [7, 11) is 3.20. The van der Waals surface area contributed by atoms with Crippen LogP contribution in [0.25, 0.3) is 0 Å². The molecular formula is C22H26N2O4. The molecule has 148 valence electrons. The van der Waals surface area contributed by atoms with Crippen molar-refractivity contribution in [2.75, 3.05) is 40.4 Å². The van der Waals surface area contributed by atoms with Crippen molar-refractivity contribution in [3.05, 3.63) is 59.7 Å². The molecule has 0 N–H and O–H groups in total. The Labute approximate surface area is 165 Å². The fourth-order valence-corrected chi connectivity index (χ4v) is 3.37. The lowest BCUT2D eigenvalue weighted by atomic mass is 10.1. The molecule has 0 aliphatic carbocycles. The highest BCUT2D eigenvalue weighted by Gasteiger charge is 2.24. The highest BCUT2D eigenvalue weighted by Crippen LogP contribution is 2.28. The number of amides is 2. The quantitative estimate of drug-likeness (QED) is 0.771. The maximum atomic E-state index is 12.6. The van der Waals surface area contributed by atoms with Gasteiger partial charge < -0.3 is 19.3 Å². The van der Waals surface area contributed by atoms with E-state index in [1.807, 2.05) is 58.3 Å². The fraction of sp³-hybridized carbons (Fsp3) is 0.364. The minimum atomic E-state index is 0.0260. The number of methoxy groups -OCH3 is 2. The summed E-state index contributed by atoms with van der Waals surface area (Å²) >= 11 is 0. The largest absolute Gasteiger partial charge is 0.493 e. The van der Waals surface area contributed by atoms with Crippen molar-refractivity contribution in [2.24, 2.45) is 0 Å². The zero-order valence-corrected chi connectivity index (χ0v) is 16.4. The zero-order valence-electron chi connectivity index (χ0n) is 16.4. The number of ether oxygens (including phenoxy) is 2. The lowest BCUT2D eigenvalue weighted by Crippen LogP contribution is -2.50. The van der Waals surface area contributed by atoms with Crippen LogP contribution >= 0.6 is 0 Å². The summed E-state index contributed by atoms with van der Waals surface area (Å²) in [5, 5.41) is 0. The molecule has 0 radical (unpaired) electrons. The number of carbonyl (C=O) groups is 2. The average Bonchev–Trinajstić information content (AvgIpc) is 2.77. The third kappa shape index (κ3) is 4.63. The van der Waals surface area contributed by atoms with Crippen LogP contribution in [0.5, 0.6) is 11.5 Å². The van der Waals surface area contributed by atoms with E-state index in [4.69, 9.17) is 9.47 Å². The Balaban J connectivity index is 1.50. The number of carbonyl (C=O) groups excluding carboxylic acids is 2. The number of aryl methyl sites for hydroxylation is 1. The van der Waals surface area contributed by atoms with Crippen molar-refractivity contribution >= 4 is 11.8 Å². The van der Waals surface area contributed by atoms with Gasteiger partial charge in [-0.15, -0.1) is 0 Å². The first-order valence-corrected chi connectivity index (χ1v) is 9.45. The Morgan fingerprint density at radius 2 is 1.50 bits per heavy atom. The third-order valence-corrected chi connectivity index (χ3v) is 5.02. The second-order valence-corrected chi connectivity index (χ2v) is 6.73. The summed E-state index contributed by atoms with van der Waals surface area (Å²) in [5.74, 6) is 1.48. The molecule has 0 atom stereocenters. The summed E-state index contributed by atoms with van der Waals surface area (Å²) in [6, 6.07) is 15.0. The Kier molecular flexibility index (Phi) is 6.53. The van der Waals surface area contributed by atoms with Crippen molar-refractivity contribution in [2.45, 2.75) is 12.8 Å². The number of benzene rings is 2. The van der Waals surface area contributed by atoms with Crippen LogP contribution in [0, 0.1) is 0 Å². The molecule has 1 heterocycles. The number of rotatable bonds is 6. The number of hydrogen-bond donors (Lipinski definition) is 0. The molecule has 6 heteroatoms. The Bertz CT molecular complexity index is 815. The van der Waals surface area contributed by atoms with Gasteiger partial charge in [-0.1, -0.05) is 24.3 Å². The van der Waals surface area contributed by atoms with E-state index in [1.54, 1.807) is 14.2 Å². The van der Waals surface area contributed by atoms with Crippen molar-refractivity contribution in [1.29, 1.82) is 0 Å². The van der Waals surface area contributed by atoms with Crippen LogP contribution in [0.15, 0.2) is 48.5 Å². The van der Waals surface area contributed by atoms with Gasteiger partial charge in [-0.25, -0.2) is 0 Å². The molecular weight excluding hydrogens is 356 g/mol. The second-order valence-electron chi connectivity index (χ2n) is 6.73. The van der Waals surface area contributed by atoms with Crippen molar-refractivity contribution < 1.29 is 19.1 Å². The molecule has 0 spiro atoms. The van der Waals surface area contributed by atoms with Crippen LogP contribution < -0.4 is 9.47 Å². The lowest BCUT2D eigenvalue weighted by Gasteiger charge is -2.35. The lowest BCUT2D eigenvalue weighted by molar-refractivity contribution is -0.132. The second kappa shape index (κ2) is 9.26. The summed E-state index contributed by atoms with van der Waals surface area (Å²) in [6.07, 6.45) is 1.07. The maximum Gasteiger partial charge on any atom is 0.253 e. The molecule has 2 amide bonds. The maximum absolute atomic E-state index is 12.6. The molecule has 3 rings (SSSR count). The molecule has 6 nitrogen and oxygen atoms in total. The third-order valence-electron chi connectivity index (χ3n) is 5.02. The molecule has 1 aliphatic heterocycles. The van der Waals surface area contributed by atoms with Crippen molar-refractivity contribution in [1.82, 2.24) is 9.80 Å². The molecule has 1 fully saturated rings. The molecule has 1 saturated heterocycles. The minimum absolute atomic E-state index is 0.0260. The standard InChI is InChI=1S/C22H26N2O4/c1-27-19-10-8-17(16-20(19)28-2)9-11-21(25)23-12-14-24(15-13-23)22(26)18-6-4-3-5-7-18/h3-8,10,16H,9,11-15H2,1-2H3. The Morgan fingerprint density at radius 1 is 0.857 bits per heavy atom. The fourth-order valence-electron chi connectivity index (χ4n) is 3.37. The summed E-state index contributed by atoms with van der Waals surface area (Å²) in [5.41, 5.74) is 1.72. The van der Waals surface area contributed by atoms with Gasteiger partial charge >= 0.3 is 0 Å². The molecule has 28 heavy (non-hydrogen) atoms. The van der Waals surface area contributed by atoms with Gasteiger partial charge in [-0.2, -0.15) is 0 Å². The van der Waals surface area contributed by atoms with E-state index in [1.165, 1.54) is 0 Å². The molecule has 0 unspecified atom stereocenters. The molecule has 0 bridgehead atoms. The zero-order chi connectivity index (χ0) is 19.9. The molecule has 2 aromatic carbocycles. The predicted molar refractivity (Wildman–Crippen MR) is 107 cm³/mol. The van der Waals surface area contributed by atoms with Crippen molar-refractivity contribution in [3.63, 3.8) is 0 Å². The van der Waals surface area contributed by atoms with Crippen LogP contribution in [0.4, 0.5) is 0 Å². The highest BCUT2D eigenvalue weighted by atomic mass is 16.5. The van der Waals surface area contributed by atoms with Crippen molar-refractivity contribution in [3.8, 4) is 11.5 Å². The van der Waals surface area contributed by atoms with Crippen LogP contribution in [0.3, 0.4) is 0 Å². The number of hydrogen-bond acceptors (Lipinski definition) is 4. The van der Waals surface area contributed by atoms with E-state index >= 15 is 0 Å². The van der Waals surface area contributed by atoms with Crippen LogP contribution in [0.2, 0.25) is 0 Å². The Morgan fingerprint density at radius 3 is 2.14 bits per heavy atom. The average molecular weight is 382 g/mol. The monoisotopic (exact) mass is 382 g/mol. The van der Waals surface area contributed by atoms with E-state index < -0.39 is 0 Å². The molecule has 1 aliphatic rings. The Hall–Kier alpha value is -3.02. The SMILES string of the molecule is COc1ccc(CCC(=O)N2CCN(C(=O)c3ccccc3)CC2)cc1OC. The van der Waals surface area contributed by atoms with Gasteiger partial charge in [-0.05, 0) is 36.2 Å². The van der Waals surface area contributed by atoms with E-state index in [9.17, 15) is 9.59 Å². The van der Waals surface area contributed by atoms with Gasteiger partial charge in [0.1, 0.15) is 0 Å². The molecule has 0 saturated carbocycles. The highest BCUT2D eigenvalue weighted by molar-refractivity contribution is 5.94. The van der Waals surface area contributed by atoms with Gasteiger partial charge in [0, 0.05) is 38.2 Å². The first kappa shape index (κ1) is 19.7. The predicted octanol–water partition coefficient (Wildman–Crippen LogP) is 2.62. The molecule has 2 aromatic rings. The molecule has 0 aromatic heterocycles. The van der Waals surface area contributed by atoms with Gasteiger partial charge in [0.25, 0.3) is 5.91 Å². The minimum Gasteiger partial charge on any atom is -0.493 e. The first-order chi connectivity index (χ1) is 13.6. The van der Waals surface area contributed by atoms with E-state index in [0.29, 0.717) is 56.1 Å². The van der Waals surface area contributed by atoms with Gasteiger partial charge in [0.15, 0.2) is 11.5 Å². The van der Waals surface area contributed by atoms with Crippen LogP contribution in [-0.4, -0.2) is 62.0 Å². The topological polar surface area (TPSA) is 59.1 Å². The van der Waals surface area contributed by atoms with Gasteiger partial charge in [0.2, 0.25) is 5.91 Å². The number of piperazine rings is 1. The summed E-state index contributed by atoms with van der Waals surface area (Å²) in [6.45, 7) is 2.28. The smallest absolute Gasteiger partial charge is 0.253 e. The van der Waals surface area contributed by atoms with E-state index in [-0.39, 0.29) is 11.8 Å². The van der Waals surface area contributed by atoms with Gasteiger partial charge in [0.05, 0.1) is 14.2 Å². The van der Waals surface area contributed by atoms with Crippen LogP contribution in [-0.2, 0) is 11.2 Å². The van der Waals surface area contributed by atoms with E-state index in [0.717, 1.165) is 5.56 Å². The normalized spacial score (nSPS) is 13.9. The number of nitrogens with zero attached hydrogens (tertiary/aromatic N) is 2. The van der Waals surface area contributed by atoms with Gasteiger partial charge in [-0.3, -0.25) is 9.59 Å². The van der Waals surface area contributed by atoms with Crippen LogP contribution in [0.1, 0.15) is 22.3 Å². The summed E-state index contributed by atoms with van der Waals surface area (Å²) < 4.78 is 10.6.